The Morgan fingerprint density at radius 1 is 0.786 bits per heavy atom. The van der Waals surface area contributed by atoms with E-state index in [0.717, 1.165) is 0 Å². The molecule has 15 N–H and O–H groups in total. The third kappa shape index (κ3) is 917. The van der Waals surface area contributed by atoms with Gasteiger partial charge in [-0.3, -0.25) is 0 Å². The van der Waals surface area contributed by atoms with Crippen LogP contribution in [0.2, 0.25) is 7.06 Å². The maximum Gasteiger partial charge on any atom is 0.115 e. The van der Waals surface area contributed by atoms with E-state index >= 15 is 0 Å². The summed E-state index contributed by atoms with van der Waals surface area (Å²) in [5.74, 6) is 0. The van der Waals surface area contributed by atoms with E-state index in [0.29, 0.717) is 0 Å². The van der Waals surface area contributed by atoms with Gasteiger partial charge in [0.2, 0.25) is 0 Å². The molecule has 0 radical (unpaired) electrons. The Kier molecular flexibility index (Phi) is 783. The highest BCUT2D eigenvalue weighted by atomic mass is 31.0. The van der Waals surface area contributed by atoms with Crippen LogP contribution in [0.3, 0.4) is 0 Å². The van der Waals surface area contributed by atoms with Crippen molar-refractivity contribution >= 4 is 36.5 Å². The highest BCUT2D eigenvalue weighted by Crippen LogP contribution is 1.47. The molecular formula is C5H39N5P4. The van der Waals surface area contributed by atoms with Gasteiger partial charge in [-0.05, 0) is 0 Å². The summed E-state index contributed by atoms with van der Waals surface area (Å²) in [5, 5.41) is 0. The molecule has 0 saturated carbocycles. The van der Waals surface area contributed by atoms with Crippen LogP contribution in [-0.4, -0.2) is 36.9 Å². The molecule has 0 fully saturated rings. The Balaban J connectivity index is -0.0000000153. The molecule has 0 aliphatic rings. The lowest BCUT2D eigenvalue weighted by Gasteiger charge is -1.10. The third-order valence-corrected chi connectivity index (χ3v) is 0. The molecule has 0 aromatic carbocycles. The third-order valence-electron chi connectivity index (χ3n) is 0. The Hall–Kier alpha value is 1.52. The summed E-state index contributed by atoms with van der Waals surface area (Å²) in [6.07, 6.45) is 18.8. The Labute approximate surface area is 120 Å². The van der Waals surface area contributed by atoms with Gasteiger partial charge in [0.15, 0.2) is 0 Å². The number of rotatable bonds is 0. The van der Waals surface area contributed by atoms with Crippen LogP contribution in [0.4, 0.5) is 0 Å². The topological polar surface area (TPSA) is 175 Å². The van der Waals surface area contributed by atoms with Crippen molar-refractivity contribution in [1.29, 1.82) is 10.2 Å². The van der Waals surface area contributed by atoms with Crippen molar-refractivity contribution in [3.63, 3.8) is 0 Å². The zero-order valence-corrected chi connectivity index (χ0v) is 12.3. The van der Waals surface area contributed by atoms with E-state index in [1.807, 2.05) is 0 Å². The van der Waals surface area contributed by atoms with Gasteiger partial charge in [-0.1, -0.05) is 34.1 Å². The average Bonchev–Trinajstić information content (AvgIpc) is 2.54. The second kappa shape index (κ2) is 1150. The summed E-state index contributed by atoms with van der Waals surface area (Å²) in [5.41, 5.74) is 0. The standard InChI is InChI=1S/4CH5P.CH4.5H3N/c4*1-2;;;;;;/h4*2H2,1H3;1H4;5*1H3/i4*2TD;;;;;;/hD5. The van der Waals surface area contributed by atoms with Crippen LogP contribution < -0.4 is 30.7 Å². The fourth-order valence-electron chi connectivity index (χ4n) is 0. The van der Waals surface area contributed by atoms with Crippen molar-refractivity contribution in [3.8, 4) is 0 Å². The molecule has 0 heterocycles. The van der Waals surface area contributed by atoms with E-state index in [1.54, 1.807) is 26.7 Å². The Morgan fingerprint density at radius 2 is 0.786 bits per heavy atom. The maximum absolute atomic E-state index is 6.31. The van der Waals surface area contributed by atoms with Crippen LogP contribution in [0, 0.1) is 0 Å². The van der Waals surface area contributed by atoms with Crippen molar-refractivity contribution in [1.82, 2.24) is 30.7 Å². The van der Waals surface area contributed by atoms with Gasteiger partial charge in [0.1, 0.15) is 7.06 Å². The highest BCUT2D eigenvalue weighted by molar-refractivity contribution is 7.15. The van der Waals surface area contributed by atoms with E-state index < -0.39 is 36.5 Å². The molecule has 0 spiro atoms. The molecule has 4 atom stereocenters. The molecule has 0 aromatic rings. The van der Waals surface area contributed by atoms with Gasteiger partial charge in [0, 0.05) is 0 Å². The predicted octanol–water partition coefficient (Wildman–Crippen LogP) is 3.41. The summed E-state index contributed by atoms with van der Waals surface area (Å²) < 4.78 is 76.8. The first-order chi connectivity index (χ1) is 11.9. The van der Waals surface area contributed by atoms with E-state index in [4.69, 9.17) is 17.3 Å². The average molecular weight is 310 g/mol. The molecule has 0 aliphatic carbocycles. The van der Waals surface area contributed by atoms with Gasteiger partial charge in [0.05, 0.1) is 10.2 Å². The SMILES string of the molecule is C.[2H]N.[2H]N.[2H]N.[2H]N.[2H]N.[2H]P([3H])C.[2H]P([3H])C.[2H]P([3H])C.[2H]P([3H])C. The molecule has 14 heavy (non-hydrogen) atoms. The molecule has 104 valence electrons. The summed E-state index contributed by atoms with van der Waals surface area (Å²) >= 11 is 0. The fraction of sp³-hybridized carbons (Fsp3) is 1.00. The van der Waals surface area contributed by atoms with E-state index in [9.17, 15) is 0 Å². The maximum atomic E-state index is 6.31. The summed E-state index contributed by atoms with van der Waals surface area (Å²) in [6.45, 7) is 6.26. The van der Waals surface area contributed by atoms with Crippen LogP contribution in [0.5, 0.6) is 0 Å². The quantitative estimate of drug-likeness (QED) is 0.430. The predicted molar refractivity (Wildman–Crippen MR) is 94.4 cm³/mol. The van der Waals surface area contributed by atoms with E-state index in [-0.39, 0.29) is 7.43 Å². The number of hydrogen-bond acceptors (Lipinski definition) is 5. The first kappa shape index (κ1) is 9.54. The van der Waals surface area contributed by atoms with Gasteiger partial charge in [-0.25, -0.2) is 0 Å². The summed E-state index contributed by atoms with van der Waals surface area (Å²) in [7, 11) is -4.48. The molecule has 0 aromatic heterocycles. The van der Waals surface area contributed by atoms with Crippen molar-refractivity contribution in [2.45, 2.75) is 7.43 Å². The normalized spacial score (nSPS) is 21.1. The second-order valence-corrected chi connectivity index (χ2v) is 0. The molecule has 0 bridgehead atoms. The van der Waals surface area contributed by atoms with Gasteiger partial charge in [-0.15, -0.1) is 36.5 Å². The smallest absolute Gasteiger partial charge is 0.115 e. The second-order valence-electron chi connectivity index (χ2n) is 0. The molecule has 4 unspecified atom stereocenters. The van der Waals surface area contributed by atoms with Crippen molar-refractivity contribution in [2.24, 2.45) is 0 Å². The lowest BCUT2D eigenvalue weighted by molar-refractivity contribution is 2.13. The van der Waals surface area contributed by atoms with Gasteiger partial charge >= 0.3 is 0 Å². The lowest BCUT2D eigenvalue weighted by atomic mass is 12.0. The molecule has 0 rings (SSSR count). The first-order valence-corrected chi connectivity index (χ1v) is 5.37. The van der Waals surface area contributed by atoms with Gasteiger partial charge in [-0.2, -0.15) is 0 Å². The number of hydrogen-bond donors (Lipinski definition) is 5. The Morgan fingerprint density at radius 3 is 0.786 bits per heavy atom. The molecule has 9 heteroatoms. The van der Waals surface area contributed by atoms with E-state index in [2.05, 4.69) is 30.7 Å². The highest BCUT2D eigenvalue weighted by Gasteiger charge is 0.912. The first-order valence-electron chi connectivity index (χ1n) is 8.25. The van der Waals surface area contributed by atoms with Crippen LogP contribution in [-0.2, 0) is 0 Å². The Bertz CT molecular complexity index is 92.1. The molecule has 0 aliphatic heterocycles. The zero-order chi connectivity index (χ0) is 24.3. The molecule has 5 nitrogen and oxygen atoms in total. The molecule has 0 amide bonds. The van der Waals surface area contributed by atoms with Crippen molar-refractivity contribution in [3.05, 3.63) is 0 Å². The van der Waals surface area contributed by atoms with E-state index in [1.165, 1.54) is 0 Å². The minimum Gasteiger partial charge on any atom is -0.344 e. The summed E-state index contributed by atoms with van der Waals surface area (Å²) in [6, 6.07) is 0. The zero-order valence-electron chi connectivity index (χ0n) is 21.7. The minimum atomic E-state index is -1.12. The molecule has 0 saturated heterocycles. The van der Waals surface area contributed by atoms with Crippen molar-refractivity contribution < 1.29 is 7.06 Å². The fourth-order valence-corrected chi connectivity index (χ4v) is 0. The van der Waals surface area contributed by atoms with Crippen LogP contribution >= 0.6 is 36.5 Å². The van der Waals surface area contributed by atoms with Crippen LogP contribution in [0.1, 0.15) is 7.43 Å². The van der Waals surface area contributed by atoms with Gasteiger partial charge < -0.3 is 30.7 Å². The van der Waals surface area contributed by atoms with Crippen molar-refractivity contribution in [2.75, 3.05) is 26.7 Å². The van der Waals surface area contributed by atoms with Gasteiger partial charge in [0.25, 0.3) is 0 Å². The monoisotopic (exact) mass is 310 g/mol. The lowest BCUT2D eigenvalue weighted by Crippen LogP contribution is -0.804. The largest absolute Gasteiger partial charge is 0.344 e. The molecular weight excluding hydrogens is 254 g/mol. The van der Waals surface area contributed by atoms with Crippen LogP contribution in [0.25, 0.3) is 0 Å². The minimum absolute atomic E-state index is 0. The van der Waals surface area contributed by atoms with Crippen LogP contribution in [0.15, 0.2) is 0 Å². The summed E-state index contributed by atoms with van der Waals surface area (Å²) in [4.78, 5) is 0.